The Hall–Kier alpha value is -2.19. The number of amides is 1. The summed E-state index contributed by atoms with van der Waals surface area (Å²) in [5.74, 6) is 1.43. The maximum atomic E-state index is 13.3. The molecule has 0 radical (unpaired) electrons. The molecule has 1 atom stereocenters. The number of carbonyl (C=O) groups is 1. The van der Waals surface area contributed by atoms with Gasteiger partial charge in [0.1, 0.15) is 11.6 Å². The van der Waals surface area contributed by atoms with Crippen LogP contribution >= 0.6 is 23.1 Å². The molecule has 8 heteroatoms. The first kappa shape index (κ1) is 19.1. The molecule has 3 aromatic rings. The molecule has 5 nitrogen and oxygen atoms in total. The molecule has 1 aromatic carbocycles. The van der Waals surface area contributed by atoms with E-state index in [4.69, 9.17) is 0 Å². The molecule has 28 heavy (non-hydrogen) atoms. The van der Waals surface area contributed by atoms with Crippen molar-refractivity contribution in [1.29, 1.82) is 0 Å². The van der Waals surface area contributed by atoms with Gasteiger partial charge >= 0.3 is 0 Å². The van der Waals surface area contributed by atoms with Crippen LogP contribution in [0.3, 0.4) is 0 Å². The smallest absolute Gasteiger partial charge is 0.231 e. The third-order valence-electron chi connectivity index (χ3n) is 4.67. The molecule has 1 aliphatic carbocycles. The minimum absolute atomic E-state index is 0.0913. The summed E-state index contributed by atoms with van der Waals surface area (Å²) in [6, 6.07) is 9.88. The molecule has 0 spiro atoms. The average molecular weight is 417 g/mol. The average Bonchev–Trinajstić information content (AvgIpc) is 3.24. The molecule has 2 heterocycles. The first-order valence-electron chi connectivity index (χ1n) is 9.29. The molecule has 146 valence electrons. The van der Waals surface area contributed by atoms with E-state index in [1.54, 1.807) is 23.5 Å². The first-order chi connectivity index (χ1) is 13.7. The summed E-state index contributed by atoms with van der Waals surface area (Å²) >= 11 is 2.97. The van der Waals surface area contributed by atoms with Crippen LogP contribution < -0.4 is 5.32 Å². The van der Waals surface area contributed by atoms with Crippen LogP contribution in [0.2, 0.25) is 0 Å². The largest absolute Gasteiger partial charge is 0.344 e. The molecule has 0 unspecified atom stereocenters. The highest BCUT2D eigenvalue weighted by molar-refractivity contribution is 7.99. The van der Waals surface area contributed by atoms with Crippen LogP contribution in [0.1, 0.15) is 48.0 Å². The molecular weight excluding hydrogens is 395 g/mol. The Kier molecular flexibility index (Phi) is 5.77. The zero-order valence-corrected chi connectivity index (χ0v) is 17.1. The monoisotopic (exact) mass is 416 g/mol. The molecule has 1 aliphatic rings. The van der Waals surface area contributed by atoms with Gasteiger partial charge in [0.05, 0.1) is 11.8 Å². The number of thiophene rings is 1. The van der Waals surface area contributed by atoms with Crippen molar-refractivity contribution in [2.45, 2.75) is 43.4 Å². The van der Waals surface area contributed by atoms with Gasteiger partial charge in [-0.2, -0.15) is 0 Å². The lowest BCUT2D eigenvalue weighted by atomic mass is 10.1. The Morgan fingerprint density at radius 2 is 2.11 bits per heavy atom. The Labute approximate surface area is 171 Å². The minimum Gasteiger partial charge on any atom is -0.344 e. The minimum atomic E-state index is -0.292. The van der Waals surface area contributed by atoms with Crippen molar-refractivity contribution in [3.8, 4) is 0 Å². The van der Waals surface area contributed by atoms with Gasteiger partial charge in [-0.1, -0.05) is 30.0 Å². The molecule has 0 saturated heterocycles. The van der Waals surface area contributed by atoms with Crippen molar-refractivity contribution < 1.29 is 9.18 Å². The van der Waals surface area contributed by atoms with Crippen molar-refractivity contribution >= 4 is 29.0 Å². The molecule has 1 N–H and O–H groups in total. The van der Waals surface area contributed by atoms with Crippen molar-refractivity contribution in [2.24, 2.45) is 0 Å². The molecular formula is C20H21FN4OS2. The lowest BCUT2D eigenvalue weighted by molar-refractivity contribution is -0.119. The molecule has 0 bridgehead atoms. The summed E-state index contributed by atoms with van der Waals surface area (Å²) in [5.41, 5.74) is 0.856. The van der Waals surface area contributed by atoms with Gasteiger partial charge in [-0.25, -0.2) is 4.39 Å². The Morgan fingerprint density at radius 3 is 2.75 bits per heavy atom. The molecule has 0 aliphatic heterocycles. The van der Waals surface area contributed by atoms with Crippen LogP contribution in [-0.4, -0.2) is 26.4 Å². The standard InChI is InChI=1S/C20H21FN4OS2/c1-2-25-19(14-5-6-14)23-24-20(25)28-12-17(26)22-18(16-4-3-11-27-16)13-7-9-15(21)10-8-13/h3-4,7-11,14,18H,2,5-6,12H2,1H3,(H,22,26)/t18-/m1/s1. The van der Waals surface area contributed by atoms with E-state index in [1.165, 1.54) is 36.7 Å². The number of nitrogens with zero attached hydrogens (tertiary/aromatic N) is 3. The zero-order chi connectivity index (χ0) is 19.5. The Balaban J connectivity index is 1.44. The number of benzene rings is 1. The Bertz CT molecular complexity index is 936. The predicted octanol–water partition coefficient (Wildman–Crippen LogP) is 4.37. The maximum Gasteiger partial charge on any atom is 0.231 e. The topological polar surface area (TPSA) is 59.8 Å². The summed E-state index contributed by atoms with van der Waals surface area (Å²) in [7, 11) is 0. The zero-order valence-electron chi connectivity index (χ0n) is 15.5. The van der Waals surface area contributed by atoms with Gasteiger partial charge in [-0.05, 0) is 48.9 Å². The molecule has 2 aromatic heterocycles. The van der Waals surface area contributed by atoms with Gasteiger partial charge in [0.2, 0.25) is 5.91 Å². The number of aromatic nitrogens is 3. The van der Waals surface area contributed by atoms with Gasteiger partial charge in [0, 0.05) is 17.3 Å². The lowest BCUT2D eigenvalue weighted by Crippen LogP contribution is -2.30. The van der Waals surface area contributed by atoms with Crippen molar-refractivity contribution in [3.05, 3.63) is 63.9 Å². The lowest BCUT2D eigenvalue weighted by Gasteiger charge is -2.18. The van der Waals surface area contributed by atoms with Crippen LogP contribution in [0.15, 0.2) is 46.9 Å². The van der Waals surface area contributed by atoms with Gasteiger partial charge in [0.15, 0.2) is 5.16 Å². The summed E-state index contributed by atoms with van der Waals surface area (Å²) < 4.78 is 15.4. The maximum absolute atomic E-state index is 13.3. The first-order valence-corrected chi connectivity index (χ1v) is 11.2. The third kappa shape index (κ3) is 4.28. The Morgan fingerprint density at radius 1 is 1.32 bits per heavy atom. The predicted molar refractivity (Wildman–Crippen MR) is 109 cm³/mol. The number of carbonyl (C=O) groups excluding carboxylic acids is 1. The third-order valence-corrected chi connectivity index (χ3v) is 6.58. The normalized spacial score (nSPS) is 14.8. The van der Waals surface area contributed by atoms with E-state index < -0.39 is 0 Å². The van der Waals surface area contributed by atoms with E-state index in [-0.39, 0.29) is 23.5 Å². The SMILES string of the molecule is CCn1c(SCC(=O)N[C@H](c2ccc(F)cc2)c2cccs2)nnc1C1CC1. The van der Waals surface area contributed by atoms with Crippen LogP contribution in [0.25, 0.3) is 0 Å². The van der Waals surface area contributed by atoms with Crippen molar-refractivity contribution in [1.82, 2.24) is 20.1 Å². The van der Waals surface area contributed by atoms with E-state index >= 15 is 0 Å². The highest BCUT2D eigenvalue weighted by atomic mass is 32.2. The quantitative estimate of drug-likeness (QED) is 0.554. The second-order valence-corrected chi connectivity index (χ2v) is 8.64. The van der Waals surface area contributed by atoms with E-state index in [2.05, 4.69) is 27.0 Å². The molecule has 1 saturated carbocycles. The van der Waals surface area contributed by atoms with Crippen molar-refractivity contribution in [2.75, 3.05) is 5.75 Å². The van der Waals surface area contributed by atoms with Crippen LogP contribution in [0, 0.1) is 5.82 Å². The van der Waals surface area contributed by atoms with Crippen LogP contribution in [0.5, 0.6) is 0 Å². The van der Waals surface area contributed by atoms with E-state index in [9.17, 15) is 9.18 Å². The fraction of sp³-hybridized carbons (Fsp3) is 0.350. The number of rotatable bonds is 8. The van der Waals surface area contributed by atoms with Crippen LogP contribution in [-0.2, 0) is 11.3 Å². The van der Waals surface area contributed by atoms with Gasteiger partial charge in [0.25, 0.3) is 0 Å². The highest BCUT2D eigenvalue weighted by Crippen LogP contribution is 2.40. The fourth-order valence-corrected chi connectivity index (χ4v) is 4.73. The number of halogens is 1. The number of nitrogens with one attached hydrogen (secondary N) is 1. The van der Waals surface area contributed by atoms with E-state index in [1.807, 2.05) is 17.5 Å². The number of hydrogen-bond donors (Lipinski definition) is 1. The molecule has 1 amide bonds. The van der Waals surface area contributed by atoms with E-state index in [0.717, 1.165) is 28.0 Å². The highest BCUT2D eigenvalue weighted by Gasteiger charge is 2.30. The molecule has 1 fully saturated rings. The van der Waals surface area contributed by atoms with Gasteiger partial charge in [-0.3, -0.25) is 4.79 Å². The van der Waals surface area contributed by atoms with Crippen molar-refractivity contribution in [3.63, 3.8) is 0 Å². The summed E-state index contributed by atoms with van der Waals surface area (Å²) in [5, 5.41) is 14.4. The van der Waals surface area contributed by atoms with Crippen LogP contribution in [0.4, 0.5) is 4.39 Å². The van der Waals surface area contributed by atoms with E-state index in [0.29, 0.717) is 5.92 Å². The number of thioether (sulfide) groups is 1. The number of hydrogen-bond acceptors (Lipinski definition) is 5. The second kappa shape index (κ2) is 8.45. The summed E-state index contributed by atoms with van der Waals surface area (Å²) in [4.78, 5) is 13.7. The fourth-order valence-electron chi connectivity index (χ4n) is 3.11. The summed E-state index contributed by atoms with van der Waals surface area (Å²) in [6.45, 7) is 2.87. The van der Waals surface area contributed by atoms with Gasteiger partial charge in [-0.15, -0.1) is 21.5 Å². The summed E-state index contributed by atoms with van der Waals surface area (Å²) in [6.07, 6.45) is 2.34. The molecule has 4 rings (SSSR count). The second-order valence-electron chi connectivity index (χ2n) is 6.72. The van der Waals surface area contributed by atoms with Gasteiger partial charge < -0.3 is 9.88 Å².